The number of alkyl halides is 1. The molecule has 0 saturated heterocycles. The molecule has 0 aliphatic carbocycles. The standard InChI is InChI=1S/C17H20BrN/c1-13-7-3-4-8-15(13)10-11-16(18)14(2)17-9-5-6-12-19-17/h3-9,12,14,16H,10-11H2,1-2H3. The van der Waals surface area contributed by atoms with E-state index < -0.39 is 0 Å². The van der Waals surface area contributed by atoms with Crippen molar-refractivity contribution in [2.24, 2.45) is 0 Å². The molecule has 0 radical (unpaired) electrons. The van der Waals surface area contributed by atoms with E-state index in [-0.39, 0.29) is 0 Å². The van der Waals surface area contributed by atoms with Gasteiger partial charge in [-0.1, -0.05) is 53.2 Å². The van der Waals surface area contributed by atoms with Crippen LogP contribution in [0.3, 0.4) is 0 Å². The van der Waals surface area contributed by atoms with Gasteiger partial charge in [-0.3, -0.25) is 4.98 Å². The lowest BCUT2D eigenvalue weighted by Gasteiger charge is -2.18. The van der Waals surface area contributed by atoms with E-state index in [1.165, 1.54) is 11.1 Å². The van der Waals surface area contributed by atoms with Crippen LogP contribution in [0.5, 0.6) is 0 Å². The summed E-state index contributed by atoms with van der Waals surface area (Å²) in [5.41, 5.74) is 3.99. The van der Waals surface area contributed by atoms with Crippen LogP contribution in [0.4, 0.5) is 0 Å². The number of hydrogen-bond donors (Lipinski definition) is 0. The minimum absolute atomic E-state index is 0.435. The second-order valence-electron chi connectivity index (χ2n) is 5.02. The Morgan fingerprint density at radius 1 is 1.11 bits per heavy atom. The Morgan fingerprint density at radius 3 is 2.53 bits per heavy atom. The molecule has 0 fully saturated rings. The van der Waals surface area contributed by atoms with E-state index in [4.69, 9.17) is 0 Å². The number of nitrogens with zero attached hydrogens (tertiary/aromatic N) is 1. The van der Waals surface area contributed by atoms with Crippen LogP contribution in [0.25, 0.3) is 0 Å². The van der Waals surface area contributed by atoms with Crippen molar-refractivity contribution in [2.75, 3.05) is 0 Å². The highest BCUT2D eigenvalue weighted by Gasteiger charge is 2.17. The maximum absolute atomic E-state index is 4.44. The molecule has 2 unspecified atom stereocenters. The molecule has 0 aliphatic heterocycles. The van der Waals surface area contributed by atoms with E-state index in [1.807, 2.05) is 12.3 Å². The van der Waals surface area contributed by atoms with Crippen molar-refractivity contribution in [2.45, 2.75) is 37.4 Å². The van der Waals surface area contributed by atoms with E-state index >= 15 is 0 Å². The Balaban J connectivity index is 1.95. The molecule has 2 heteroatoms. The molecule has 0 bridgehead atoms. The van der Waals surface area contributed by atoms with Gasteiger partial charge in [-0.15, -0.1) is 0 Å². The Morgan fingerprint density at radius 2 is 1.84 bits per heavy atom. The summed E-state index contributed by atoms with van der Waals surface area (Å²) in [7, 11) is 0. The predicted molar refractivity (Wildman–Crippen MR) is 84.9 cm³/mol. The normalized spacial score (nSPS) is 14.1. The van der Waals surface area contributed by atoms with Gasteiger partial charge >= 0.3 is 0 Å². The Kier molecular flexibility index (Phi) is 5.15. The topological polar surface area (TPSA) is 12.9 Å². The largest absolute Gasteiger partial charge is 0.261 e. The number of pyridine rings is 1. The Labute approximate surface area is 124 Å². The molecule has 100 valence electrons. The number of aryl methyl sites for hydroxylation is 2. The highest BCUT2D eigenvalue weighted by Crippen LogP contribution is 2.27. The third-order valence-corrected chi connectivity index (χ3v) is 4.90. The van der Waals surface area contributed by atoms with Crippen LogP contribution in [0.1, 0.15) is 36.1 Å². The fourth-order valence-electron chi connectivity index (χ4n) is 2.26. The van der Waals surface area contributed by atoms with E-state index in [9.17, 15) is 0 Å². The van der Waals surface area contributed by atoms with Crippen LogP contribution >= 0.6 is 15.9 Å². The molecule has 2 atom stereocenters. The molecule has 0 aliphatic rings. The van der Waals surface area contributed by atoms with E-state index in [2.05, 4.69) is 71.2 Å². The van der Waals surface area contributed by atoms with Crippen LogP contribution in [0, 0.1) is 6.92 Å². The quantitative estimate of drug-likeness (QED) is 0.715. The maximum atomic E-state index is 4.44. The lowest BCUT2D eigenvalue weighted by atomic mass is 9.96. The minimum atomic E-state index is 0.435. The first kappa shape index (κ1) is 14.3. The summed E-state index contributed by atoms with van der Waals surface area (Å²) in [5, 5.41) is 0. The molecule has 19 heavy (non-hydrogen) atoms. The highest BCUT2D eigenvalue weighted by atomic mass is 79.9. The van der Waals surface area contributed by atoms with Gasteiger partial charge in [-0.25, -0.2) is 0 Å². The fraction of sp³-hybridized carbons (Fsp3) is 0.353. The van der Waals surface area contributed by atoms with Crippen molar-refractivity contribution < 1.29 is 0 Å². The van der Waals surface area contributed by atoms with Crippen LogP contribution in [-0.2, 0) is 6.42 Å². The number of benzene rings is 1. The van der Waals surface area contributed by atoms with Gasteiger partial charge in [-0.2, -0.15) is 0 Å². The second-order valence-corrected chi connectivity index (χ2v) is 6.20. The van der Waals surface area contributed by atoms with Crippen LogP contribution in [0.2, 0.25) is 0 Å². The van der Waals surface area contributed by atoms with Crippen LogP contribution < -0.4 is 0 Å². The van der Waals surface area contributed by atoms with Crippen molar-refractivity contribution in [3.05, 3.63) is 65.5 Å². The van der Waals surface area contributed by atoms with Gasteiger partial charge in [0, 0.05) is 22.6 Å². The molecule has 0 spiro atoms. The molecule has 1 heterocycles. The lowest BCUT2D eigenvalue weighted by Crippen LogP contribution is -2.11. The first-order chi connectivity index (χ1) is 9.18. The first-order valence-electron chi connectivity index (χ1n) is 6.78. The van der Waals surface area contributed by atoms with Crippen LogP contribution in [0.15, 0.2) is 48.7 Å². The molecule has 1 nitrogen and oxygen atoms in total. The summed E-state index contributed by atoms with van der Waals surface area (Å²) >= 11 is 3.82. The van der Waals surface area contributed by atoms with Crippen LogP contribution in [-0.4, -0.2) is 9.81 Å². The minimum Gasteiger partial charge on any atom is -0.261 e. The summed E-state index contributed by atoms with van der Waals surface area (Å²) in [4.78, 5) is 4.90. The molecule has 2 aromatic rings. The zero-order valence-electron chi connectivity index (χ0n) is 11.5. The number of halogens is 1. The zero-order chi connectivity index (χ0) is 13.7. The SMILES string of the molecule is Cc1ccccc1CCC(Br)C(C)c1ccccn1. The summed E-state index contributed by atoms with van der Waals surface area (Å²) in [6, 6.07) is 14.7. The zero-order valence-corrected chi connectivity index (χ0v) is 13.1. The molecule has 0 saturated carbocycles. The molecule has 0 amide bonds. The summed E-state index contributed by atoms with van der Waals surface area (Å²) in [5.74, 6) is 0.435. The number of aromatic nitrogens is 1. The molecule has 1 aromatic carbocycles. The van der Waals surface area contributed by atoms with Crippen molar-refractivity contribution in [1.82, 2.24) is 4.98 Å². The molecule has 1 aromatic heterocycles. The summed E-state index contributed by atoms with van der Waals surface area (Å²) in [6.45, 7) is 4.42. The monoisotopic (exact) mass is 317 g/mol. The average Bonchev–Trinajstić information content (AvgIpc) is 2.46. The third-order valence-electron chi connectivity index (χ3n) is 3.65. The Hall–Kier alpha value is -1.15. The fourth-order valence-corrected chi connectivity index (χ4v) is 2.76. The van der Waals surface area contributed by atoms with Crippen molar-refractivity contribution >= 4 is 15.9 Å². The van der Waals surface area contributed by atoms with Gasteiger partial charge in [0.1, 0.15) is 0 Å². The maximum Gasteiger partial charge on any atom is 0.0442 e. The average molecular weight is 318 g/mol. The number of rotatable bonds is 5. The lowest BCUT2D eigenvalue weighted by molar-refractivity contribution is 0.645. The smallest absolute Gasteiger partial charge is 0.0442 e. The van der Waals surface area contributed by atoms with Crippen molar-refractivity contribution in [3.63, 3.8) is 0 Å². The predicted octanol–water partition coefficient (Wildman–Crippen LogP) is 4.89. The van der Waals surface area contributed by atoms with Gasteiger partial charge < -0.3 is 0 Å². The third kappa shape index (κ3) is 3.90. The second kappa shape index (κ2) is 6.85. The molecule has 2 rings (SSSR count). The van der Waals surface area contributed by atoms with Crippen molar-refractivity contribution in [3.8, 4) is 0 Å². The highest BCUT2D eigenvalue weighted by molar-refractivity contribution is 9.09. The summed E-state index contributed by atoms with van der Waals surface area (Å²) in [6.07, 6.45) is 4.11. The summed E-state index contributed by atoms with van der Waals surface area (Å²) < 4.78 is 0. The van der Waals surface area contributed by atoms with Crippen molar-refractivity contribution in [1.29, 1.82) is 0 Å². The van der Waals surface area contributed by atoms with E-state index in [1.54, 1.807) is 0 Å². The van der Waals surface area contributed by atoms with Gasteiger partial charge in [0.05, 0.1) is 0 Å². The molecule has 0 N–H and O–H groups in total. The van der Waals surface area contributed by atoms with Gasteiger partial charge in [0.2, 0.25) is 0 Å². The van der Waals surface area contributed by atoms with E-state index in [0.717, 1.165) is 18.5 Å². The van der Waals surface area contributed by atoms with E-state index in [0.29, 0.717) is 10.7 Å². The van der Waals surface area contributed by atoms with Gasteiger partial charge in [-0.05, 0) is 43.0 Å². The molecular formula is C17H20BrN. The number of hydrogen-bond acceptors (Lipinski definition) is 1. The first-order valence-corrected chi connectivity index (χ1v) is 7.69. The molecular weight excluding hydrogens is 298 g/mol. The van der Waals surface area contributed by atoms with Gasteiger partial charge in [0.15, 0.2) is 0 Å². The van der Waals surface area contributed by atoms with Gasteiger partial charge in [0.25, 0.3) is 0 Å². The Bertz CT molecular complexity index is 510.